The summed E-state index contributed by atoms with van der Waals surface area (Å²) < 4.78 is 11.5. The summed E-state index contributed by atoms with van der Waals surface area (Å²) in [4.78, 5) is 15.0. The van der Waals surface area contributed by atoms with Crippen molar-refractivity contribution in [2.24, 2.45) is 0 Å². The fourth-order valence-electron chi connectivity index (χ4n) is 3.21. The molecule has 3 rings (SSSR count). The van der Waals surface area contributed by atoms with E-state index in [1.54, 1.807) is 11.8 Å². The standard InChI is InChI=1S/C17H18N2O3S/c1-10-4-5-12(8-18)14-13-6-7-21-17(9-23-3,22-11(2)20)16(13)19-15(10)14/h4-5,19H,6-7,9H2,1-3H3. The fourth-order valence-corrected chi connectivity index (χ4v) is 3.88. The lowest BCUT2D eigenvalue weighted by Crippen LogP contribution is -2.42. The highest BCUT2D eigenvalue weighted by Gasteiger charge is 2.43. The van der Waals surface area contributed by atoms with Gasteiger partial charge in [0.2, 0.25) is 0 Å². The minimum absolute atomic E-state index is 0.386. The predicted octanol–water partition coefficient (Wildman–Crippen LogP) is 3.00. The smallest absolute Gasteiger partial charge is 0.305 e. The Bertz CT molecular complexity index is 821. The van der Waals surface area contributed by atoms with E-state index in [4.69, 9.17) is 9.47 Å². The maximum absolute atomic E-state index is 11.6. The van der Waals surface area contributed by atoms with E-state index in [0.29, 0.717) is 24.3 Å². The number of aromatic nitrogens is 1. The van der Waals surface area contributed by atoms with Crippen LogP contribution in [0, 0.1) is 18.3 Å². The lowest BCUT2D eigenvalue weighted by molar-refractivity contribution is -0.231. The Kier molecular flexibility index (Phi) is 4.09. The SMILES string of the molecule is CSCC1(OC(C)=O)OCCc2c1[nH]c1c(C)ccc(C#N)c21. The minimum atomic E-state index is -1.11. The summed E-state index contributed by atoms with van der Waals surface area (Å²) in [6, 6.07) is 6.02. The molecule has 0 amide bonds. The summed E-state index contributed by atoms with van der Waals surface area (Å²) in [5.41, 5.74) is 4.37. The molecule has 2 aromatic rings. The van der Waals surface area contributed by atoms with E-state index >= 15 is 0 Å². The van der Waals surface area contributed by atoms with E-state index in [-0.39, 0.29) is 5.97 Å². The molecule has 1 N–H and O–H groups in total. The van der Waals surface area contributed by atoms with Crippen molar-refractivity contribution in [1.82, 2.24) is 4.98 Å². The van der Waals surface area contributed by atoms with Crippen LogP contribution in [0.3, 0.4) is 0 Å². The third-order valence-electron chi connectivity index (χ3n) is 4.10. The molecule has 23 heavy (non-hydrogen) atoms. The molecule has 6 heteroatoms. The minimum Gasteiger partial charge on any atom is -0.426 e. The lowest BCUT2D eigenvalue weighted by atomic mass is 9.97. The zero-order chi connectivity index (χ0) is 16.6. The van der Waals surface area contributed by atoms with E-state index in [9.17, 15) is 10.1 Å². The van der Waals surface area contributed by atoms with E-state index in [1.165, 1.54) is 6.92 Å². The molecule has 1 aromatic carbocycles. The highest BCUT2D eigenvalue weighted by Crippen LogP contribution is 2.41. The average molecular weight is 330 g/mol. The Hall–Kier alpha value is -1.97. The molecule has 0 fully saturated rings. The lowest BCUT2D eigenvalue weighted by Gasteiger charge is -2.35. The summed E-state index contributed by atoms with van der Waals surface area (Å²) >= 11 is 1.55. The Morgan fingerprint density at radius 3 is 3.00 bits per heavy atom. The van der Waals surface area contributed by atoms with Crippen molar-refractivity contribution in [3.05, 3.63) is 34.5 Å². The van der Waals surface area contributed by atoms with Gasteiger partial charge in [-0.3, -0.25) is 4.79 Å². The molecule has 0 bridgehead atoms. The predicted molar refractivity (Wildman–Crippen MR) is 89.2 cm³/mol. The zero-order valence-corrected chi connectivity index (χ0v) is 14.2. The number of thioether (sulfide) groups is 1. The fraction of sp³-hybridized carbons (Fsp3) is 0.412. The van der Waals surface area contributed by atoms with E-state index < -0.39 is 5.79 Å². The summed E-state index contributed by atoms with van der Waals surface area (Å²) in [6.07, 6.45) is 2.63. The van der Waals surface area contributed by atoms with Gasteiger partial charge in [-0.05, 0) is 36.8 Å². The molecule has 1 aliphatic heterocycles. The second-order valence-corrected chi connectivity index (χ2v) is 6.51. The topological polar surface area (TPSA) is 75.1 Å². The van der Waals surface area contributed by atoms with Gasteiger partial charge in [0, 0.05) is 12.3 Å². The van der Waals surface area contributed by atoms with Crippen LogP contribution in [0.4, 0.5) is 0 Å². The van der Waals surface area contributed by atoms with E-state index in [2.05, 4.69) is 11.1 Å². The third-order valence-corrected chi connectivity index (χ3v) is 4.77. The average Bonchev–Trinajstić information content (AvgIpc) is 2.90. The molecule has 0 saturated carbocycles. The molecule has 0 radical (unpaired) electrons. The van der Waals surface area contributed by atoms with Crippen molar-refractivity contribution in [3.63, 3.8) is 0 Å². The highest BCUT2D eigenvalue weighted by molar-refractivity contribution is 7.98. The Balaban J connectivity index is 2.30. The van der Waals surface area contributed by atoms with Crippen molar-refractivity contribution in [2.75, 3.05) is 18.6 Å². The normalized spacial score (nSPS) is 20.1. The molecule has 1 aliphatic rings. The van der Waals surface area contributed by atoms with Gasteiger partial charge in [-0.15, -0.1) is 0 Å². The van der Waals surface area contributed by atoms with Gasteiger partial charge >= 0.3 is 5.97 Å². The van der Waals surface area contributed by atoms with Crippen molar-refractivity contribution >= 4 is 28.6 Å². The van der Waals surface area contributed by atoms with Crippen LogP contribution in [0.2, 0.25) is 0 Å². The molecular weight excluding hydrogens is 312 g/mol. The summed E-state index contributed by atoms with van der Waals surface area (Å²) in [7, 11) is 0. The number of nitriles is 1. The summed E-state index contributed by atoms with van der Waals surface area (Å²) in [5.74, 6) is -1.01. The second-order valence-electron chi connectivity index (χ2n) is 5.65. The molecule has 1 aromatic heterocycles. The number of carbonyl (C=O) groups is 1. The molecule has 0 spiro atoms. The van der Waals surface area contributed by atoms with Gasteiger partial charge in [0.15, 0.2) is 0 Å². The molecule has 0 aliphatic carbocycles. The van der Waals surface area contributed by atoms with Crippen molar-refractivity contribution in [1.29, 1.82) is 5.26 Å². The van der Waals surface area contributed by atoms with E-state index in [0.717, 1.165) is 27.7 Å². The summed E-state index contributed by atoms with van der Waals surface area (Å²) in [6.45, 7) is 3.83. The number of ether oxygens (including phenoxy) is 2. The van der Waals surface area contributed by atoms with E-state index in [1.807, 2.05) is 25.3 Å². The number of rotatable bonds is 3. The van der Waals surface area contributed by atoms with Crippen LogP contribution in [0.25, 0.3) is 10.9 Å². The molecule has 120 valence electrons. The molecular formula is C17H18N2O3S. The van der Waals surface area contributed by atoms with Crippen LogP contribution in [0.15, 0.2) is 12.1 Å². The first-order valence-electron chi connectivity index (χ1n) is 7.39. The zero-order valence-electron chi connectivity index (χ0n) is 13.4. The number of esters is 1. The van der Waals surface area contributed by atoms with Crippen molar-refractivity contribution in [2.45, 2.75) is 26.1 Å². The third kappa shape index (κ3) is 2.50. The second kappa shape index (κ2) is 5.91. The maximum atomic E-state index is 11.6. The first kappa shape index (κ1) is 15.9. The summed E-state index contributed by atoms with van der Waals surface area (Å²) in [5, 5.41) is 10.4. The number of nitrogens with one attached hydrogen (secondary N) is 1. The van der Waals surface area contributed by atoms with Gasteiger partial charge in [0.25, 0.3) is 5.79 Å². The monoisotopic (exact) mass is 330 g/mol. The maximum Gasteiger partial charge on any atom is 0.305 e. The van der Waals surface area contributed by atoms with Crippen LogP contribution >= 0.6 is 11.8 Å². The number of H-pyrrole nitrogens is 1. The molecule has 1 atom stereocenters. The number of nitrogens with zero attached hydrogens (tertiary/aromatic N) is 1. The van der Waals surface area contributed by atoms with Crippen LogP contribution in [-0.4, -0.2) is 29.6 Å². The number of fused-ring (bicyclic) bond motifs is 3. The molecule has 1 unspecified atom stereocenters. The van der Waals surface area contributed by atoms with Gasteiger partial charge in [-0.1, -0.05) is 6.07 Å². The van der Waals surface area contributed by atoms with Gasteiger partial charge in [0.1, 0.15) is 0 Å². The van der Waals surface area contributed by atoms with Crippen LogP contribution in [0.1, 0.15) is 29.3 Å². The number of aryl methyl sites for hydroxylation is 1. The largest absolute Gasteiger partial charge is 0.426 e. The van der Waals surface area contributed by atoms with Gasteiger partial charge in [-0.25, -0.2) is 0 Å². The number of hydrogen-bond donors (Lipinski definition) is 1. The first-order valence-corrected chi connectivity index (χ1v) is 8.79. The quantitative estimate of drug-likeness (QED) is 0.876. The Morgan fingerprint density at radius 1 is 1.57 bits per heavy atom. The van der Waals surface area contributed by atoms with Crippen LogP contribution in [-0.2, 0) is 26.5 Å². The molecule has 0 saturated heterocycles. The Labute approximate surface area is 139 Å². The van der Waals surface area contributed by atoms with Gasteiger partial charge in [-0.2, -0.15) is 17.0 Å². The first-order chi connectivity index (χ1) is 11.0. The van der Waals surface area contributed by atoms with Crippen LogP contribution in [0.5, 0.6) is 0 Å². The van der Waals surface area contributed by atoms with Crippen molar-refractivity contribution in [3.8, 4) is 6.07 Å². The highest BCUT2D eigenvalue weighted by atomic mass is 32.2. The number of carbonyl (C=O) groups excluding carboxylic acids is 1. The van der Waals surface area contributed by atoms with Gasteiger partial charge in [0.05, 0.1) is 35.2 Å². The van der Waals surface area contributed by atoms with Crippen LogP contribution < -0.4 is 0 Å². The van der Waals surface area contributed by atoms with Crippen molar-refractivity contribution < 1.29 is 14.3 Å². The molecule has 5 nitrogen and oxygen atoms in total. The number of benzene rings is 1. The number of hydrogen-bond acceptors (Lipinski definition) is 5. The van der Waals surface area contributed by atoms with Gasteiger partial charge < -0.3 is 14.5 Å². The number of aromatic amines is 1. The molecule has 2 heterocycles. The Morgan fingerprint density at radius 2 is 2.35 bits per heavy atom.